The fourth-order valence-electron chi connectivity index (χ4n) is 2.19. The highest BCUT2D eigenvalue weighted by Gasteiger charge is 2.15. The van der Waals surface area contributed by atoms with Gasteiger partial charge in [0, 0.05) is 11.4 Å². The topological polar surface area (TPSA) is 82.8 Å². The van der Waals surface area contributed by atoms with Gasteiger partial charge in [-0.15, -0.1) is 0 Å². The zero-order chi connectivity index (χ0) is 16.8. The van der Waals surface area contributed by atoms with Gasteiger partial charge in [0.15, 0.2) is 11.5 Å². The molecule has 6 heteroatoms. The number of amides is 1. The highest BCUT2D eigenvalue weighted by atomic mass is 16.5. The summed E-state index contributed by atoms with van der Waals surface area (Å²) in [6.45, 7) is 0. The van der Waals surface area contributed by atoms with E-state index in [-0.39, 0.29) is 12.3 Å². The van der Waals surface area contributed by atoms with E-state index in [2.05, 4.69) is 5.32 Å². The maximum atomic E-state index is 12.2. The first kappa shape index (κ1) is 16.5. The zero-order valence-corrected chi connectivity index (χ0v) is 13.4. The van der Waals surface area contributed by atoms with Crippen LogP contribution in [0.4, 0.5) is 11.4 Å². The third-order valence-electron chi connectivity index (χ3n) is 3.28. The normalized spacial score (nSPS) is 10.0. The molecule has 0 atom stereocenters. The molecule has 23 heavy (non-hydrogen) atoms. The minimum atomic E-state index is -0.149. The van der Waals surface area contributed by atoms with Gasteiger partial charge in [0.25, 0.3) is 0 Å². The molecular weight excluding hydrogens is 296 g/mol. The average molecular weight is 316 g/mol. The van der Waals surface area contributed by atoms with E-state index in [1.54, 1.807) is 36.4 Å². The number of nitrogens with two attached hydrogens (primary N) is 1. The van der Waals surface area contributed by atoms with Crippen LogP contribution in [-0.4, -0.2) is 27.2 Å². The van der Waals surface area contributed by atoms with E-state index in [1.807, 2.05) is 0 Å². The Hall–Kier alpha value is -2.89. The molecule has 0 saturated carbocycles. The summed E-state index contributed by atoms with van der Waals surface area (Å²) in [4.78, 5) is 12.2. The lowest BCUT2D eigenvalue weighted by atomic mass is 10.1. The van der Waals surface area contributed by atoms with Gasteiger partial charge in [-0.05, 0) is 42.0 Å². The van der Waals surface area contributed by atoms with Crippen LogP contribution in [0, 0.1) is 0 Å². The highest BCUT2D eigenvalue weighted by Crippen LogP contribution is 2.38. The Balaban J connectivity index is 2.15. The number of hydrogen-bond acceptors (Lipinski definition) is 5. The van der Waals surface area contributed by atoms with E-state index < -0.39 is 0 Å². The van der Waals surface area contributed by atoms with Crippen molar-refractivity contribution in [1.29, 1.82) is 0 Å². The Morgan fingerprint density at radius 2 is 1.57 bits per heavy atom. The van der Waals surface area contributed by atoms with Crippen LogP contribution in [0.1, 0.15) is 5.56 Å². The number of carbonyl (C=O) groups is 1. The van der Waals surface area contributed by atoms with Crippen molar-refractivity contribution in [1.82, 2.24) is 0 Å². The maximum absolute atomic E-state index is 12.2. The van der Waals surface area contributed by atoms with Crippen LogP contribution >= 0.6 is 0 Å². The second-order valence-electron chi connectivity index (χ2n) is 4.88. The summed E-state index contributed by atoms with van der Waals surface area (Å²) >= 11 is 0. The molecule has 0 aliphatic carbocycles. The number of carbonyl (C=O) groups excluding carboxylic acids is 1. The molecule has 2 rings (SSSR count). The smallest absolute Gasteiger partial charge is 0.228 e. The van der Waals surface area contributed by atoms with Crippen LogP contribution < -0.4 is 25.3 Å². The zero-order valence-electron chi connectivity index (χ0n) is 13.4. The van der Waals surface area contributed by atoms with Gasteiger partial charge < -0.3 is 25.3 Å². The number of nitrogens with one attached hydrogen (secondary N) is 1. The van der Waals surface area contributed by atoms with Gasteiger partial charge in [-0.3, -0.25) is 4.79 Å². The highest BCUT2D eigenvalue weighted by molar-refractivity contribution is 5.92. The van der Waals surface area contributed by atoms with Gasteiger partial charge in [-0.25, -0.2) is 0 Å². The molecule has 6 nitrogen and oxygen atoms in total. The Kier molecular flexibility index (Phi) is 5.30. The number of ether oxygens (including phenoxy) is 3. The summed E-state index contributed by atoms with van der Waals surface area (Å²) in [5.41, 5.74) is 7.71. The molecule has 0 spiro atoms. The molecule has 0 bridgehead atoms. The second kappa shape index (κ2) is 7.40. The monoisotopic (exact) mass is 316 g/mol. The van der Waals surface area contributed by atoms with Crippen LogP contribution in [0.15, 0.2) is 36.4 Å². The molecule has 2 aromatic carbocycles. The molecule has 0 unspecified atom stereocenters. The van der Waals surface area contributed by atoms with Crippen LogP contribution in [0.3, 0.4) is 0 Å². The fraction of sp³-hybridized carbons (Fsp3) is 0.235. The summed E-state index contributed by atoms with van der Waals surface area (Å²) in [6, 6.07) is 10.5. The number of anilines is 2. The number of hydrogen-bond donors (Lipinski definition) is 2. The summed E-state index contributed by atoms with van der Waals surface area (Å²) in [5, 5.41) is 2.81. The predicted octanol–water partition coefficient (Wildman–Crippen LogP) is 2.48. The molecule has 3 N–H and O–H groups in total. The van der Waals surface area contributed by atoms with E-state index in [0.29, 0.717) is 28.6 Å². The first-order valence-corrected chi connectivity index (χ1v) is 7.01. The third-order valence-corrected chi connectivity index (χ3v) is 3.28. The van der Waals surface area contributed by atoms with Crippen molar-refractivity contribution in [3.63, 3.8) is 0 Å². The summed E-state index contributed by atoms with van der Waals surface area (Å²) in [6.07, 6.45) is 0.182. The molecule has 0 aromatic heterocycles. The van der Waals surface area contributed by atoms with Crippen molar-refractivity contribution < 1.29 is 19.0 Å². The van der Waals surface area contributed by atoms with Gasteiger partial charge in [-0.1, -0.05) is 0 Å². The Labute approximate surface area is 135 Å². The van der Waals surface area contributed by atoms with Gasteiger partial charge >= 0.3 is 0 Å². The molecule has 1 amide bonds. The molecule has 0 saturated heterocycles. The standard InChI is InChI=1S/C17H20N2O4/c1-21-14-8-11(9-15(22-2)17(14)23-3)10-16(20)19-13-6-4-12(18)5-7-13/h4-9H,10,18H2,1-3H3,(H,19,20). The quantitative estimate of drug-likeness (QED) is 0.800. The first-order valence-electron chi connectivity index (χ1n) is 7.01. The lowest BCUT2D eigenvalue weighted by Crippen LogP contribution is -2.14. The van der Waals surface area contributed by atoms with Crippen molar-refractivity contribution in [3.05, 3.63) is 42.0 Å². The number of benzene rings is 2. The number of rotatable bonds is 6. The molecule has 2 aromatic rings. The molecule has 0 radical (unpaired) electrons. The van der Waals surface area contributed by atoms with Crippen molar-refractivity contribution in [2.24, 2.45) is 0 Å². The van der Waals surface area contributed by atoms with E-state index in [4.69, 9.17) is 19.9 Å². The van der Waals surface area contributed by atoms with E-state index in [9.17, 15) is 4.79 Å². The van der Waals surface area contributed by atoms with E-state index in [0.717, 1.165) is 5.56 Å². The first-order chi connectivity index (χ1) is 11.1. The molecule has 0 heterocycles. The van der Waals surface area contributed by atoms with E-state index >= 15 is 0 Å². The van der Waals surface area contributed by atoms with Crippen molar-refractivity contribution in [3.8, 4) is 17.2 Å². The van der Waals surface area contributed by atoms with Crippen molar-refractivity contribution >= 4 is 17.3 Å². The van der Waals surface area contributed by atoms with Crippen LogP contribution in [0.25, 0.3) is 0 Å². The summed E-state index contributed by atoms with van der Waals surface area (Å²) < 4.78 is 15.8. The SMILES string of the molecule is COc1cc(CC(=O)Nc2ccc(N)cc2)cc(OC)c1OC. The third kappa shape index (κ3) is 4.06. The largest absolute Gasteiger partial charge is 0.493 e. The van der Waals surface area contributed by atoms with Crippen LogP contribution in [0.5, 0.6) is 17.2 Å². The summed E-state index contributed by atoms with van der Waals surface area (Å²) in [5.74, 6) is 1.38. The number of nitrogen functional groups attached to an aromatic ring is 1. The Morgan fingerprint density at radius 1 is 1.00 bits per heavy atom. The van der Waals surface area contributed by atoms with Gasteiger partial charge in [-0.2, -0.15) is 0 Å². The average Bonchev–Trinajstić information content (AvgIpc) is 2.55. The summed E-state index contributed by atoms with van der Waals surface area (Å²) in [7, 11) is 4.61. The second-order valence-corrected chi connectivity index (χ2v) is 4.88. The minimum Gasteiger partial charge on any atom is -0.493 e. The van der Waals surface area contributed by atoms with Gasteiger partial charge in [0.1, 0.15) is 0 Å². The Morgan fingerprint density at radius 3 is 2.04 bits per heavy atom. The molecule has 0 aliphatic heterocycles. The maximum Gasteiger partial charge on any atom is 0.228 e. The molecule has 0 aliphatic rings. The van der Waals surface area contributed by atoms with Crippen LogP contribution in [0.2, 0.25) is 0 Å². The molecular formula is C17H20N2O4. The number of methoxy groups -OCH3 is 3. The predicted molar refractivity (Wildman–Crippen MR) is 89.3 cm³/mol. The lowest BCUT2D eigenvalue weighted by molar-refractivity contribution is -0.115. The minimum absolute atomic E-state index is 0.149. The fourth-order valence-corrected chi connectivity index (χ4v) is 2.19. The van der Waals surface area contributed by atoms with Gasteiger partial charge in [0.2, 0.25) is 11.7 Å². The van der Waals surface area contributed by atoms with E-state index in [1.165, 1.54) is 21.3 Å². The van der Waals surface area contributed by atoms with Crippen LogP contribution in [-0.2, 0) is 11.2 Å². The van der Waals surface area contributed by atoms with Gasteiger partial charge in [0.05, 0.1) is 27.8 Å². The van der Waals surface area contributed by atoms with Crippen molar-refractivity contribution in [2.45, 2.75) is 6.42 Å². The lowest BCUT2D eigenvalue weighted by Gasteiger charge is -2.14. The Bertz CT molecular complexity index is 658. The van der Waals surface area contributed by atoms with Crippen molar-refractivity contribution in [2.75, 3.05) is 32.4 Å². The molecule has 0 fully saturated rings. The molecule has 122 valence electrons.